The molecule has 0 N–H and O–H groups in total. The number of piperidine rings is 1. The molecule has 2 aliphatic rings. The highest BCUT2D eigenvalue weighted by atomic mass is 16.5. The first-order valence-electron chi connectivity index (χ1n) is 7.48. The summed E-state index contributed by atoms with van der Waals surface area (Å²) in [7, 11) is 3.67. The van der Waals surface area contributed by atoms with E-state index in [-0.39, 0.29) is 11.9 Å². The van der Waals surface area contributed by atoms with Gasteiger partial charge < -0.3 is 4.74 Å². The molecular formula is C17H23NO2. The summed E-state index contributed by atoms with van der Waals surface area (Å²) in [5, 5.41) is 0. The molecule has 0 aliphatic carbocycles. The summed E-state index contributed by atoms with van der Waals surface area (Å²) in [5.41, 5.74) is 2.56. The SMILES string of the molecule is COC(=O)[C@@H]1C2CC[C@H](C[C@@H]1c1cccc(C)c1)N2C. The summed E-state index contributed by atoms with van der Waals surface area (Å²) in [6, 6.07) is 9.56. The predicted molar refractivity (Wildman–Crippen MR) is 78.6 cm³/mol. The van der Waals surface area contributed by atoms with Gasteiger partial charge in [-0.2, -0.15) is 0 Å². The molecule has 3 heteroatoms. The van der Waals surface area contributed by atoms with E-state index in [2.05, 4.69) is 43.1 Å². The van der Waals surface area contributed by atoms with Crippen molar-refractivity contribution < 1.29 is 9.53 Å². The average Bonchev–Trinajstić information content (AvgIpc) is 2.69. The fourth-order valence-electron chi connectivity index (χ4n) is 4.17. The van der Waals surface area contributed by atoms with Crippen LogP contribution in [-0.4, -0.2) is 37.1 Å². The van der Waals surface area contributed by atoms with E-state index >= 15 is 0 Å². The molecule has 0 radical (unpaired) electrons. The molecule has 1 unspecified atom stereocenters. The van der Waals surface area contributed by atoms with Gasteiger partial charge in [0.05, 0.1) is 13.0 Å². The van der Waals surface area contributed by atoms with Gasteiger partial charge in [-0.3, -0.25) is 9.69 Å². The van der Waals surface area contributed by atoms with Crippen molar-refractivity contribution in [1.29, 1.82) is 0 Å². The number of benzene rings is 1. The van der Waals surface area contributed by atoms with Crippen LogP contribution in [0.25, 0.3) is 0 Å². The maximum Gasteiger partial charge on any atom is 0.310 e. The van der Waals surface area contributed by atoms with Gasteiger partial charge in [0.1, 0.15) is 0 Å². The van der Waals surface area contributed by atoms with Gasteiger partial charge in [0.15, 0.2) is 0 Å². The van der Waals surface area contributed by atoms with Gasteiger partial charge in [-0.1, -0.05) is 29.8 Å². The molecule has 2 fully saturated rings. The van der Waals surface area contributed by atoms with Gasteiger partial charge in [-0.25, -0.2) is 0 Å². The summed E-state index contributed by atoms with van der Waals surface area (Å²) in [6.45, 7) is 2.11. The number of hydrogen-bond acceptors (Lipinski definition) is 3. The first kappa shape index (κ1) is 13.6. The number of carbonyl (C=O) groups excluding carboxylic acids is 1. The zero-order chi connectivity index (χ0) is 14.3. The van der Waals surface area contributed by atoms with Crippen LogP contribution < -0.4 is 0 Å². The van der Waals surface area contributed by atoms with Crippen molar-refractivity contribution >= 4 is 5.97 Å². The van der Waals surface area contributed by atoms with E-state index in [1.165, 1.54) is 24.7 Å². The number of hydrogen-bond donors (Lipinski definition) is 0. The van der Waals surface area contributed by atoms with Gasteiger partial charge in [0.25, 0.3) is 0 Å². The van der Waals surface area contributed by atoms with Crippen LogP contribution in [0.5, 0.6) is 0 Å². The number of methoxy groups -OCH3 is 1. The van der Waals surface area contributed by atoms with E-state index in [1.54, 1.807) is 0 Å². The Hall–Kier alpha value is -1.35. The lowest BCUT2D eigenvalue weighted by Gasteiger charge is -2.41. The average molecular weight is 273 g/mol. The molecule has 2 saturated heterocycles. The molecule has 20 heavy (non-hydrogen) atoms. The van der Waals surface area contributed by atoms with Crippen LogP contribution in [0.15, 0.2) is 24.3 Å². The molecule has 0 aromatic heterocycles. The number of fused-ring (bicyclic) bond motifs is 2. The summed E-state index contributed by atoms with van der Waals surface area (Å²) in [4.78, 5) is 14.7. The second-order valence-electron chi connectivity index (χ2n) is 6.27. The largest absolute Gasteiger partial charge is 0.469 e. The Morgan fingerprint density at radius 1 is 1.35 bits per heavy atom. The lowest BCUT2D eigenvalue weighted by molar-refractivity contribution is -0.150. The maximum absolute atomic E-state index is 12.3. The van der Waals surface area contributed by atoms with Crippen molar-refractivity contribution in [3.05, 3.63) is 35.4 Å². The van der Waals surface area contributed by atoms with E-state index in [9.17, 15) is 4.79 Å². The van der Waals surface area contributed by atoms with Gasteiger partial charge in [-0.05, 0) is 38.8 Å². The van der Waals surface area contributed by atoms with Crippen molar-refractivity contribution in [3.8, 4) is 0 Å². The quantitative estimate of drug-likeness (QED) is 0.776. The summed E-state index contributed by atoms with van der Waals surface area (Å²) < 4.78 is 5.10. The van der Waals surface area contributed by atoms with Crippen molar-refractivity contribution in [2.75, 3.05) is 14.2 Å². The van der Waals surface area contributed by atoms with Crippen LogP contribution in [0.2, 0.25) is 0 Å². The summed E-state index contributed by atoms with van der Waals surface area (Å²) >= 11 is 0. The Morgan fingerprint density at radius 3 is 2.85 bits per heavy atom. The molecule has 108 valence electrons. The standard InChI is InChI=1S/C17H23NO2/c1-11-5-4-6-12(9-11)14-10-13-7-8-15(18(13)2)16(14)17(19)20-3/h4-6,9,13-16H,7-8,10H2,1-3H3/t13-,14-,15?,16+/m1/s1. The monoisotopic (exact) mass is 273 g/mol. The molecule has 1 aromatic carbocycles. The summed E-state index contributed by atoms with van der Waals surface area (Å²) in [5.74, 6) is 0.232. The Bertz CT molecular complexity index is 513. The normalized spacial score (nSPS) is 33.1. The van der Waals surface area contributed by atoms with Crippen LogP contribution in [0.3, 0.4) is 0 Å². The molecule has 0 amide bonds. The Labute approximate surface area is 120 Å². The van der Waals surface area contributed by atoms with Crippen molar-refractivity contribution in [3.63, 3.8) is 0 Å². The highest BCUT2D eigenvalue weighted by Gasteiger charge is 2.49. The lowest BCUT2D eigenvalue weighted by atomic mass is 9.76. The van der Waals surface area contributed by atoms with Gasteiger partial charge in [0, 0.05) is 18.0 Å². The van der Waals surface area contributed by atoms with E-state index < -0.39 is 0 Å². The second-order valence-corrected chi connectivity index (χ2v) is 6.27. The zero-order valence-electron chi connectivity index (χ0n) is 12.5. The molecule has 0 spiro atoms. The topological polar surface area (TPSA) is 29.5 Å². The number of aryl methyl sites for hydroxylation is 1. The minimum atomic E-state index is -0.0475. The lowest BCUT2D eigenvalue weighted by Crippen LogP contribution is -2.49. The third-order valence-electron chi connectivity index (χ3n) is 5.21. The van der Waals surface area contributed by atoms with Crippen LogP contribution in [0.1, 0.15) is 36.3 Å². The third-order valence-corrected chi connectivity index (χ3v) is 5.21. The van der Waals surface area contributed by atoms with Gasteiger partial charge in [-0.15, -0.1) is 0 Å². The fourth-order valence-corrected chi connectivity index (χ4v) is 4.17. The number of rotatable bonds is 2. The first-order chi connectivity index (χ1) is 9.61. The molecule has 0 saturated carbocycles. The van der Waals surface area contributed by atoms with Crippen LogP contribution in [-0.2, 0) is 9.53 Å². The Balaban J connectivity index is 1.97. The number of nitrogens with zero attached hydrogens (tertiary/aromatic N) is 1. The molecular weight excluding hydrogens is 250 g/mol. The highest BCUT2D eigenvalue weighted by molar-refractivity contribution is 5.75. The Morgan fingerprint density at radius 2 is 2.15 bits per heavy atom. The van der Waals surface area contributed by atoms with Crippen LogP contribution in [0.4, 0.5) is 0 Å². The van der Waals surface area contributed by atoms with Gasteiger partial charge in [0.2, 0.25) is 0 Å². The molecule has 4 atom stereocenters. The van der Waals surface area contributed by atoms with E-state index in [0.717, 1.165) is 12.8 Å². The van der Waals surface area contributed by atoms with Gasteiger partial charge >= 0.3 is 5.97 Å². The minimum Gasteiger partial charge on any atom is -0.469 e. The molecule has 2 aliphatic heterocycles. The molecule has 3 nitrogen and oxygen atoms in total. The molecule has 2 heterocycles. The smallest absolute Gasteiger partial charge is 0.310 e. The van der Waals surface area contributed by atoms with Crippen LogP contribution >= 0.6 is 0 Å². The molecule has 3 rings (SSSR count). The minimum absolute atomic E-state index is 0.0226. The number of ether oxygens (including phenoxy) is 1. The zero-order valence-corrected chi connectivity index (χ0v) is 12.5. The maximum atomic E-state index is 12.3. The molecule has 2 bridgehead atoms. The van der Waals surface area contributed by atoms with E-state index in [1.807, 2.05) is 0 Å². The number of esters is 1. The Kier molecular flexibility index (Phi) is 3.55. The predicted octanol–water partition coefficient (Wildman–Crippen LogP) is 2.73. The first-order valence-corrected chi connectivity index (χ1v) is 7.48. The van der Waals surface area contributed by atoms with E-state index in [0.29, 0.717) is 18.0 Å². The van der Waals surface area contributed by atoms with Crippen molar-refractivity contribution in [1.82, 2.24) is 4.90 Å². The summed E-state index contributed by atoms with van der Waals surface area (Å²) in [6.07, 6.45) is 3.39. The van der Waals surface area contributed by atoms with Crippen LogP contribution in [0, 0.1) is 12.8 Å². The van der Waals surface area contributed by atoms with Crippen molar-refractivity contribution in [2.24, 2.45) is 5.92 Å². The van der Waals surface area contributed by atoms with Crippen molar-refractivity contribution in [2.45, 2.75) is 44.2 Å². The second kappa shape index (κ2) is 5.21. The fraction of sp³-hybridized carbons (Fsp3) is 0.588. The molecule has 1 aromatic rings. The number of carbonyl (C=O) groups is 1. The highest BCUT2D eigenvalue weighted by Crippen LogP contribution is 2.46. The third kappa shape index (κ3) is 2.14. The van der Waals surface area contributed by atoms with E-state index in [4.69, 9.17) is 4.74 Å².